The highest BCUT2D eigenvalue weighted by atomic mass is 16.2. The number of benzene rings is 2. The predicted octanol–water partition coefficient (Wildman–Crippen LogP) is 3.73. The van der Waals surface area contributed by atoms with Crippen LogP contribution in [0.5, 0.6) is 0 Å². The predicted molar refractivity (Wildman–Crippen MR) is 103 cm³/mol. The molecule has 26 heavy (non-hydrogen) atoms. The van der Waals surface area contributed by atoms with Gasteiger partial charge in [0.15, 0.2) is 0 Å². The molecule has 2 heterocycles. The zero-order valence-electron chi connectivity index (χ0n) is 15.3. The summed E-state index contributed by atoms with van der Waals surface area (Å²) in [7, 11) is 0. The summed E-state index contributed by atoms with van der Waals surface area (Å²) in [5.74, 6) is 0.109. The molecule has 0 saturated carbocycles. The second-order valence-electron chi connectivity index (χ2n) is 6.95. The van der Waals surface area contributed by atoms with Crippen LogP contribution in [0, 0.1) is 13.8 Å². The molecule has 0 atom stereocenters. The second kappa shape index (κ2) is 6.79. The molecule has 1 amide bonds. The molecule has 0 bridgehead atoms. The molecule has 0 fully saturated rings. The molecule has 1 aliphatic heterocycles. The molecule has 0 saturated heterocycles. The van der Waals surface area contributed by atoms with Gasteiger partial charge in [-0.1, -0.05) is 24.3 Å². The van der Waals surface area contributed by atoms with E-state index in [9.17, 15) is 4.79 Å². The maximum absolute atomic E-state index is 12.9. The number of amides is 1. The van der Waals surface area contributed by atoms with Gasteiger partial charge in [0, 0.05) is 24.3 Å². The van der Waals surface area contributed by atoms with Crippen LogP contribution in [0.15, 0.2) is 54.6 Å². The summed E-state index contributed by atoms with van der Waals surface area (Å²) in [6.45, 7) is 5.57. The van der Waals surface area contributed by atoms with Crippen molar-refractivity contribution < 1.29 is 4.79 Å². The standard InChI is InChI=1S/C22H23N3O/c1-16-15-17(2)25(23-16)21-9-7-20(8-10-21)22(26)24-13-11-18-5-3-4-6-19(18)12-14-24/h3-10,15H,11-14H2,1-2H3. The lowest BCUT2D eigenvalue weighted by Crippen LogP contribution is -2.33. The zero-order chi connectivity index (χ0) is 18.1. The minimum atomic E-state index is 0.109. The molecule has 1 aliphatic rings. The first-order valence-electron chi connectivity index (χ1n) is 9.11. The van der Waals surface area contributed by atoms with E-state index < -0.39 is 0 Å². The Hall–Kier alpha value is -2.88. The highest BCUT2D eigenvalue weighted by molar-refractivity contribution is 5.94. The fourth-order valence-electron chi connectivity index (χ4n) is 3.69. The van der Waals surface area contributed by atoms with E-state index >= 15 is 0 Å². The van der Waals surface area contributed by atoms with Crippen molar-refractivity contribution in [2.75, 3.05) is 13.1 Å². The molecule has 3 aromatic rings. The van der Waals surface area contributed by atoms with Gasteiger partial charge >= 0.3 is 0 Å². The van der Waals surface area contributed by atoms with E-state index in [1.165, 1.54) is 11.1 Å². The van der Waals surface area contributed by atoms with Crippen molar-refractivity contribution in [3.05, 3.63) is 82.7 Å². The molecule has 0 radical (unpaired) electrons. The molecule has 0 aliphatic carbocycles. The van der Waals surface area contributed by atoms with Crippen LogP contribution in [-0.4, -0.2) is 33.7 Å². The van der Waals surface area contributed by atoms with Crippen LogP contribution >= 0.6 is 0 Å². The molecule has 4 nitrogen and oxygen atoms in total. The first-order chi connectivity index (χ1) is 12.6. The summed E-state index contributed by atoms with van der Waals surface area (Å²) in [5, 5.41) is 4.50. The quantitative estimate of drug-likeness (QED) is 0.710. The number of hydrogen-bond donors (Lipinski definition) is 0. The van der Waals surface area contributed by atoms with Crippen molar-refractivity contribution in [2.24, 2.45) is 0 Å². The summed E-state index contributed by atoms with van der Waals surface area (Å²) < 4.78 is 1.91. The van der Waals surface area contributed by atoms with Gasteiger partial charge in [-0.05, 0) is 68.1 Å². The van der Waals surface area contributed by atoms with Crippen molar-refractivity contribution in [1.82, 2.24) is 14.7 Å². The summed E-state index contributed by atoms with van der Waals surface area (Å²) in [6.07, 6.45) is 1.84. The van der Waals surface area contributed by atoms with Gasteiger partial charge in [0.2, 0.25) is 0 Å². The number of nitrogens with zero attached hydrogens (tertiary/aromatic N) is 3. The van der Waals surface area contributed by atoms with Gasteiger partial charge in [-0.3, -0.25) is 4.79 Å². The lowest BCUT2D eigenvalue weighted by atomic mass is 10.0. The fraction of sp³-hybridized carbons (Fsp3) is 0.273. The first kappa shape index (κ1) is 16.6. The third-order valence-electron chi connectivity index (χ3n) is 5.08. The minimum absolute atomic E-state index is 0.109. The van der Waals surface area contributed by atoms with Crippen LogP contribution in [0.2, 0.25) is 0 Å². The second-order valence-corrected chi connectivity index (χ2v) is 6.95. The highest BCUT2D eigenvalue weighted by Crippen LogP contribution is 2.18. The third kappa shape index (κ3) is 3.15. The molecule has 0 N–H and O–H groups in total. The monoisotopic (exact) mass is 345 g/mol. The Bertz CT molecular complexity index is 913. The molecule has 132 valence electrons. The van der Waals surface area contributed by atoms with Crippen molar-refractivity contribution in [1.29, 1.82) is 0 Å². The molecule has 4 rings (SSSR count). The summed E-state index contributed by atoms with van der Waals surface area (Å²) in [4.78, 5) is 14.9. The Morgan fingerprint density at radius 1 is 0.923 bits per heavy atom. The smallest absolute Gasteiger partial charge is 0.253 e. The average molecular weight is 345 g/mol. The van der Waals surface area contributed by atoms with E-state index in [2.05, 4.69) is 29.4 Å². The Balaban J connectivity index is 1.51. The highest BCUT2D eigenvalue weighted by Gasteiger charge is 2.19. The van der Waals surface area contributed by atoms with Gasteiger partial charge < -0.3 is 4.90 Å². The maximum Gasteiger partial charge on any atom is 0.253 e. The SMILES string of the molecule is Cc1cc(C)n(-c2ccc(C(=O)N3CCc4ccccc4CC3)cc2)n1. The topological polar surface area (TPSA) is 38.1 Å². The molecular formula is C22H23N3O. The third-order valence-corrected chi connectivity index (χ3v) is 5.08. The van der Waals surface area contributed by atoms with Crippen LogP contribution in [0.1, 0.15) is 32.9 Å². The number of carbonyl (C=O) groups excluding carboxylic acids is 1. The van der Waals surface area contributed by atoms with Gasteiger partial charge in [-0.25, -0.2) is 4.68 Å². The number of fused-ring (bicyclic) bond motifs is 1. The number of hydrogen-bond acceptors (Lipinski definition) is 2. The lowest BCUT2D eigenvalue weighted by Gasteiger charge is -2.20. The summed E-state index contributed by atoms with van der Waals surface area (Å²) in [6, 6.07) is 18.3. The molecule has 0 unspecified atom stereocenters. The van der Waals surface area contributed by atoms with Crippen LogP contribution in [-0.2, 0) is 12.8 Å². The van der Waals surface area contributed by atoms with Gasteiger partial charge in [0.25, 0.3) is 5.91 Å². The average Bonchev–Trinajstić information content (AvgIpc) is 2.87. The molecule has 1 aromatic heterocycles. The van der Waals surface area contributed by atoms with Gasteiger partial charge in [0.05, 0.1) is 11.4 Å². The first-order valence-corrected chi connectivity index (χ1v) is 9.11. The minimum Gasteiger partial charge on any atom is -0.338 e. The van der Waals surface area contributed by atoms with Crippen molar-refractivity contribution in [2.45, 2.75) is 26.7 Å². The Morgan fingerprint density at radius 2 is 1.54 bits per heavy atom. The van der Waals surface area contributed by atoms with Crippen LogP contribution < -0.4 is 0 Å². The molecule has 4 heteroatoms. The van der Waals surface area contributed by atoms with E-state index in [-0.39, 0.29) is 5.91 Å². The Kier molecular flexibility index (Phi) is 4.33. The van der Waals surface area contributed by atoms with Gasteiger partial charge in [0.1, 0.15) is 0 Å². The van der Waals surface area contributed by atoms with Crippen molar-refractivity contribution in [3.63, 3.8) is 0 Å². The van der Waals surface area contributed by atoms with Crippen LogP contribution in [0.4, 0.5) is 0 Å². The lowest BCUT2D eigenvalue weighted by molar-refractivity contribution is 0.0763. The van der Waals surface area contributed by atoms with Gasteiger partial charge in [-0.15, -0.1) is 0 Å². The van der Waals surface area contributed by atoms with E-state index in [1.54, 1.807) is 0 Å². The normalized spacial score (nSPS) is 14.0. The fourth-order valence-corrected chi connectivity index (χ4v) is 3.69. The molecular weight excluding hydrogens is 322 g/mol. The summed E-state index contributed by atoms with van der Waals surface area (Å²) in [5.41, 5.74) is 6.53. The van der Waals surface area contributed by atoms with E-state index in [1.807, 2.05) is 53.8 Å². The van der Waals surface area contributed by atoms with Gasteiger partial charge in [-0.2, -0.15) is 5.10 Å². The largest absolute Gasteiger partial charge is 0.338 e. The van der Waals surface area contributed by atoms with Crippen molar-refractivity contribution >= 4 is 5.91 Å². The Morgan fingerprint density at radius 3 is 2.08 bits per heavy atom. The zero-order valence-corrected chi connectivity index (χ0v) is 15.3. The van der Waals surface area contributed by atoms with E-state index in [4.69, 9.17) is 0 Å². The number of aromatic nitrogens is 2. The molecule has 0 spiro atoms. The number of carbonyl (C=O) groups is 1. The Labute approximate surface area is 154 Å². The maximum atomic E-state index is 12.9. The van der Waals surface area contributed by atoms with Crippen LogP contribution in [0.3, 0.4) is 0 Å². The summed E-state index contributed by atoms with van der Waals surface area (Å²) >= 11 is 0. The van der Waals surface area contributed by atoms with Crippen LogP contribution in [0.25, 0.3) is 5.69 Å². The molecule has 2 aromatic carbocycles. The number of rotatable bonds is 2. The van der Waals surface area contributed by atoms with Crippen molar-refractivity contribution in [3.8, 4) is 5.69 Å². The van der Waals surface area contributed by atoms with E-state index in [0.29, 0.717) is 0 Å². The number of aryl methyl sites for hydroxylation is 2. The van der Waals surface area contributed by atoms with E-state index in [0.717, 1.165) is 48.6 Å².